The van der Waals surface area contributed by atoms with Gasteiger partial charge in [0.25, 0.3) is 0 Å². The average Bonchev–Trinajstić information content (AvgIpc) is 2.69. The number of aliphatic hydroxyl groups excluding tert-OH is 1. The largest absolute Gasteiger partial charge is 0.469 e. The van der Waals surface area contributed by atoms with Crippen molar-refractivity contribution in [2.45, 2.75) is 19.4 Å². The molecule has 4 heteroatoms. The highest BCUT2D eigenvalue weighted by Crippen LogP contribution is 2.23. The Hall–Kier alpha value is -1.13. The van der Waals surface area contributed by atoms with Gasteiger partial charge >= 0.3 is 0 Å². The third-order valence-corrected chi connectivity index (χ3v) is 3.06. The summed E-state index contributed by atoms with van der Waals surface area (Å²) in [6.45, 7) is 1.80. The molecule has 17 heavy (non-hydrogen) atoms. The second kappa shape index (κ2) is 5.02. The van der Waals surface area contributed by atoms with Crippen molar-refractivity contribution in [2.24, 2.45) is 0 Å². The van der Waals surface area contributed by atoms with E-state index in [2.05, 4.69) is 15.9 Å². The molecule has 1 atom stereocenters. The van der Waals surface area contributed by atoms with Crippen LogP contribution in [0.4, 0.5) is 4.39 Å². The second-order valence-electron chi connectivity index (χ2n) is 3.95. The van der Waals surface area contributed by atoms with Gasteiger partial charge in [0, 0.05) is 16.5 Å². The van der Waals surface area contributed by atoms with Gasteiger partial charge in [0.1, 0.15) is 11.6 Å². The van der Waals surface area contributed by atoms with E-state index >= 15 is 0 Å². The second-order valence-corrected chi connectivity index (χ2v) is 4.86. The molecule has 0 saturated heterocycles. The lowest BCUT2D eigenvalue weighted by Crippen LogP contribution is -2.02. The summed E-state index contributed by atoms with van der Waals surface area (Å²) in [5.74, 6) is 0.411. The molecule has 0 spiro atoms. The van der Waals surface area contributed by atoms with Crippen LogP contribution in [0, 0.1) is 12.7 Å². The molecule has 0 amide bonds. The molecule has 0 aliphatic heterocycles. The molecular weight excluding hydrogens is 287 g/mol. The van der Waals surface area contributed by atoms with Crippen LogP contribution in [0.3, 0.4) is 0 Å². The van der Waals surface area contributed by atoms with Crippen LogP contribution in [0.15, 0.2) is 39.4 Å². The van der Waals surface area contributed by atoms with E-state index in [0.29, 0.717) is 15.6 Å². The first-order valence-corrected chi connectivity index (χ1v) is 6.02. The van der Waals surface area contributed by atoms with Crippen molar-refractivity contribution >= 4 is 15.9 Å². The van der Waals surface area contributed by atoms with Crippen molar-refractivity contribution in [2.75, 3.05) is 0 Å². The normalized spacial score (nSPS) is 12.7. The van der Waals surface area contributed by atoms with Gasteiger partial charge in [-0.1, -0.05) is 22.0 Å². The number of aryl methyl sites for hydroxylation is 1. The Balaban J connectivity index is 2.15. The highest BCUT2D eigenvalue weighted by atomic mass is 79.9. The fraction of sp³-hybridized carbons (Fsp3) is 0.231. The van der Waals surface area contributed by atoms with Crippen LogP contribution >= 0.6 is 15.9 Å². The van der Waals surface area contributed by atoms with E-state index in [0.717, 1.165) is 5.76 Å². The van der Waals surface area contributed by atoms with Crippen LogP contribution in [0.2, 0.25) is 0 Å². The number of furan rings is 1. The highest BCUT2D eigenvalue weighted by Gasteiger charge is 2.13. The maximum Gasteiger partial charge on any atom is 0.127 e. The summed E-state index contributed by atoms with van der Waals surface area (Å²) in [5.41, 5.74) is 1.16. The van der Waals surface area contributed by atoms with E-state index < -0.39 is 6.10 Å². The molecule has 0 aliphatic carbocycles. The Bertz CT molecular complexity index is 522. The Kier molecular flexibility index (Phi) is 3.64. The molecule has 0 fully saturated rings. The molecule has 1 N–H and O–H groups in total. The third-order valence-electron chi connectivity index (χ3n) is 2.56. The van der Waals surface area contributed by atoms with E-state index in [1.165, 1.54) is 12.3 Å². The van der Waals surface area contributed by atoms with Crippen molar-refractivity contribution in [1.29, 1.82) is 0 Å². The molecule has 2 aromatic rings. The van der Waals surface area contributed by atoms with Crippen LogP contribution in [-0.2, 0) is 6.42 Å². The van der Waals surface area contributed by atoms with Gasteiger partial charge < -0.3 is 9.52 Å². The Morgan fingerprint density at radius 3 is 2.76 bits per heavy atom. The van der Waals surface area contributed by atoms with Gasteiger partial charge in [-0.2, -0.15) is 0 Å². The average molecular weight is 299 g/mol. The summed E-state index contributed by atoms with van der Waals surface area (Å²) in [7, 11) is 0. The van der Waals surface area contributed by atoms with Gasteiger partial charge in [0.15, 0.2) is 0 Å². The number of halogens is 2. The molecule has 90 valence electrons. The molecule has 0 bridgehead atoms. The van der Waals surface area contributed by atoms with Crippen LogP contribution in [0.25, 0.3) is 0 Å². The van der Waals surface area contributed by atoms with E-state index in [9.17, 15) is 9.50 Å². The summed E-state index contributed by atoms with van der Waals surface area (Å²) in [6, 6.07) is 6.56. The maximum absolute atomic E-state index is 13.6. The number of aliphatic hydroxyl groups is 1. The van der Waals surface area contributed by atoms with Crippen molar-refractivity contribution in [3.05, 3.63) is 57.7 Å². The monoisotopic (exact) mass is 298 g/mol. The van der Waals surface area contributed by atoms with Gasteiger partial charge in [-0.3, -0.25) is 0 Å². The summed E-state index contributed by atoms with van der Waals surface area (Å²) in [4.78, 5) is 0. The molecular formula is C13H12BrFO2. The molecule has 0 saturated carbocycles. The van der Waals surface area contributed by atoms with Gasteiger partial charge in [-0.05, 0) is 30.7 Å². The van der Waals surface area contributed by atoms with Crippen molar-refractivity contribution in [3.63, 3.8) is 0 Å². The zero-order chi connectivity index (χ0) is 12.4. The first-order chi connectivity index (χ1) is 8.06. The van der Waals surface area contributed by atoms with Gasteiger partial charge in [-0.15, -0.1) is 0 Å². The molecule has 2 rings (SSSR count). The minimum atomic E-state index is -0.747. The van der Waals surface area contributed by atoms with Gasteiger partial charge in [0.2, 0.25) is 0 Å². The highest BCUT2D eigenvalue weighted by molar-refractivity contribution is 9.10. The first-order valence-electron chi connectivity index (χ1n) is 5.23. The van der Waals surface area contributed by atoms with Crippen LogP contribution in [0.1, 0.15) is 23.0 Å². The lowest BCUT2D eigenvalue weighted by Gasteiger charge is -2.09. The molecule has 0 radical (unpaired) electrons. The lowest BCUT2D eigenvalue weighted by molar-refractivity contribution is 0.176. The minimum Gasteiger partial charge on any atom is -0.469 e. The predicted molar refractivity (Wildman–Crippen MR) is 66.2 cm³/mol. The zero-order valence-corrected chi connectivity index (χ0v) is 10.9. The number of benzene rings is 1. The van der Waals surface area contributed by atoms with Gasteiger partial charge in [-0.25, -0.2) is 4.39 Å². The van der Waals surface area contributed by atoms with E-state index in [1.54, 1.807) is 25.1 Å². The van der Waals surface area contributed by atoms with Crippen molar-refractivity contribution in [3.8, 4) is 0 Å². The van der Waals surface area contributed by atoms with Gasteiger partial charge in [0.05, 0.1) is 12.4 Å². The molecule has 0 aliphatic rings. The Morgan fingerprint density at radius 1 is 1.41 bits per heavy atom. The van der Waals surface area contributed by atoms with E-state index in [-0.39, 0.29) is 12.2 Å². The van der Waals surface area contributed by atoms with E-state index in [1.807, 2.05) is 0 Å². The third kappa shape index (κ3) is 2.96. The van der Waals surface area contributed by atoms with Crippen molar-refractivity contribution < 1.29 is 13.9 Å². The zero-order valence-electron chi connectivity index (χ0n) is 9.28. The summed E-state index contributed by atoms with van der Waals surface area (Å²) < 4.78 is 19.4. The van der Waals surface area contributed by atoms with Crippen LogP contribution in [0.5, 0.6) is 0 Å². The van der Waals surface area contributed by atoms with E-state index in [4.69, 9.17) is 4.42 Å². The summed E-state index contributed by atoms with van der Waals surface area (Å²) >= 11 is 3.19. The topological polar surface area (TPSA) is 33.4 Å². The molecule has 1 heterocycles. The maximum atomic E-state index is 13.6. The SMILES string of the molecule is Cc1cc(C(O)Cc2ccc(Br)cc2F)co1. The lowest BCUT2D eigenvalue weighted by atomic mass is 10.0. The van der Waals surface area contributed by atoms with Crippen LogP contribution in [-0.4, -0.2) is 5.11 Å². The smallest absolute Gasteiger partial charge is 0.127 e. The molecule has 1 aromatic carbocycles. The molecule has 2 nitrogen and oxygen atoms in total. The Labute approximate surface area is 107 Å². The van der Waals surface area contributed by atoms with Crippen molar-refractivity contribution in [1.82, 2.24) is 0 Å². The fourth-order valence-corrected chi connectivity index (χ4v) is 1.99. The summed E-state index contributed by atoms with van der Waals surface area (Å²) in [6.07, 6.45) is 0.984. The first kappa shape index (κ1) is 12.3. The number of rotatable bonds is 3. The number of hydrogen-bond donors (Lipinski definition) is 1. The predicted octanol–water partition coefficient (Wildman–Crippen LogP) is 3.77. The van der Waals surface area contributed by atoms with Crippen LogP contribution < -0.4 is 0 Å². The summed E-state index contributed by atoms with van der Waals surface area (Å²) in [5, 5.41) is 9.94. The minimum absolute atomic E-state index is 0.234. The Morgan fingerprint density at radius 2 is 2.18 bits per heavy atom. The quantitative estimate of drug-likeness (QED) is 0.936. The molecule has 1 aromatic heterocycles. The fourth-order valence-electron chi connectivity index (χ4n) is 1.65. The number of hydrogen-bond acceptors (Lipinski definition) is 2. The standard InChI is InChI=1S/C13H12BrFO2/c1-8-4-10(7-17-8)13(16)5-9-2-3-11(14)6-12(9)15/h2-4,6-7,13,16H,5H2,1H3. The molecule has 1 unspecified atom stereocenters.